The Morgan fingerprint density at radius 1 is 1.18 bits per heavy atom. The largest absolute Gasteiger partial charge is 0.323 e. The molecule has 1 saturated heterocycles. The van der Waals surface area contributed by atoms with Crippen molar-refractivity contribution in [1.82, 2.24) is 14.5 Å². The van der Waals surface area contributed by atoms with Gasteiger partial charge in [-0.2, -0.15) is 0 Å². The lowest BCUT2D eigenvalue weighted by molar-refractivity contribution is 0.202. The summed E-state index contributed by atoms with van der Waals surface area (Å²) in [6, 6.07) is 3.81. The summed E-state index contributed by atoms with van der Waals surface area (Å²) in [6.45, 7) is 11.2. The van der Waals surface area contributed by atoms with Crippen molar-refractivity contribution in [2.24, 2.45) is 0 Å². The molecule has 1 aliphatic heterocycles. The molecular formula is C20H32N4O3S. The summed E-state index contributed by atoms with van der Waals surface area (Å²) >= 11 is 0. The molecule has 2 amide bonds. The van der Waals surface area contributed by atoms with Crippen LogP contribution in [0.5, 0.6) is 0 Å². The molecule has 0 radical (unpaired) electrons. The average Bonchev–Trinajstić information content (AvgIpc) is 3.30. The highest BCUT2D eigenvalue weighted by atomic mass is 32.2. The molecule has 1 saturated carbocycles. The van der Waals surface area contributed by atoms with Crippen molar-refractivity contribution in [1.29, 1.82) is 0 Å². The summed E-state index contributed by atoms with van der Waals surface area (Å²) in [5.41, 5.74) is 1.82. The SMILES string of the molecule is CCN(CC)C1CCN(C(=O)Nc2ccc(C)c(S(=O)(=O)NC3CC3)c2C)C1. The number of carbonyl (C=O) groups excluding carboxylic acids is 1. The Kier molecular flexibility index (Phi) is 6.31. The van der Waals surface area contributed by atoms with Crippen molar-refractivity contribution < 1.29 is 13.2 Å². The number of aryl methyl sites for hydroxylation is 1. The van der Waals surface area contributed by atoms with Crippen molar-refractivity contribution in [3.63, 3.8) is 0 Å². The van der Waals surface area contributed by atoms with E-state index in [-0.39, 0.29) is 17.0 Å². The zero-order valence-electron chi connectivity index (χ0n) is 17.3. The molecule has 28 heavy (non-hydrogen) atoms. The maximum absolute atomic E-state index is 12.8. The summed E-state index contributed by atoms with van der Waals surface area (Å²) in [7, 11) is -3.58. The third-order valence-corrected chi connectivity index (χ3v) is 7.60. The average molecular weight is 409 g/mol. The highest BCUT2D eigenvalue weighted by Crippen LogP contribution is 2.30. The van der Waals surface area contributed by atoms with Crippen LogP contribution >= 0.6 is 0 Å². The Labute approximate surface area is 168 Å². The van der Waals surface area contributed by atoms with Gasteiger partial charge >= 0.3 is 6.03 Å². The molecule has 1 aromatic rings. The molecule has 1 atom stereocenters. The van der Waals surface area contributed by atoms with Crippen molar-refractivity contribution in [3.05, 3.63) is 23.3 Å². The van der Waals surface area contributed by atoms with Crippen LogP contribution in [-0.2, 0) is 10.0 Å². The van der Waals surface area contributed by atoms with Crippen LogP contribution < -0.4 is 10.0 Å². The topological polar surface area (TPSA) is 81.8 Å². The van der Waals surface area contributed by atoms with Crippen LogP contribution in [0.2, 0.25) is 0 Å². The van der Waals surface area contributed by atoms with Gasteiger partial charge in [-0.25, -0.2) is 17.9 Å². The highest BCUT2D eigenvalue weighted by molar-refractivity contribution is 7.89. The minimum Gasteiger partial charge on any atom is -0.323 e. The fraction of sp³-hybridized carbons (Fsp3) is 0.650. The number of carbonyl (C=O) groups is 1. The molecule has 8 heteroatoms. The first-order valence-corrected chi connectivity index (χ1v) is 11.7. The number of benzene rings is 1. The Morgan fingerprint density at radius 2 is 1.86 bits per heavy atom. The van der Waals surface area contributed by atoms with Crippen LogP contribution in [0, 0.1) is 13.8 Å². The first-order valence-electron chi connectivity index (χ1n) is 10.2. The molecule has 1 aromatic carbocycles. The van der Waals surface area contributed by atoms with Gasteiger partial charge in [0.2, 0.25) is 10.0 Å². The summed E-state index contributed by atoms with van der Waals surface area (Å²) in [5.74, 6) is 0. The number of anilines is 1. The monoisotopic (exact) mass is 408 g/mol. The van der Waals surface area contributed by atoms with Crippen LogP contribution in [0.25, 0.3) is 0 Å². The minimum atomic E-state index is -3.58. The van der Waals surface area contributed by atoms with E-state index >= 15 is 0 Å². The molecule has 0 spiro atoms. The van der Waals surface area contributed by atoms with Gasteiger partial charge in [0.05, 0.1) is 4.90 Å². The molecule has 1 unspecified atom stereocenters. The van der Waals surface area contributed by atoms with Gasteiger partial charge in [0.15, 0.2) is 0 Å². The van der Waals surface area contributed by atoms with Crippen molar-refractivity contribution in [3.8, 4) is 0 Å². The molecule has 1 aliphatic carbocycles. The second-order valence-corrected chi connectivity index (χ2v) is 9.47. The lowest BCUT2D eigenvalue weighted by atomic mass is 10.1. The lowest BCUT2D eigenvalue weighted by Gasteiger charge is -2.26. The van der Waals surface area contributed by atoms with Gasteiger partial charge in [-0.15, -0.1) is 0 Å². The van der Waals surface area contributed by atoms with Crippen LogP contribution in [0.3, 0.4) is 0 Å². The van der Waals surface area contributed by atoms with E-state index in [0.29, 0.717) is 35.9 Å². The van der Waals surface area contributed by atoms with E-state index in [1.54, 1.807) is 26.0 Å². The number of urea groups is 1. The van der Waals surface area contributed by atoms with Gasteiger partial charge in [0, 0.05) is 30.9 Å². The van der Waals surface area contributed by atoms with Gasteiger partial charge in [-0.1, -0.05) is 19.9 Å². The quantitative estimate of drug-likeness (QED) is 0.727. The molecule has 1 heterocycles. The second kappa shape index (κ2) is 8.39. The number of hydrogen-bond acceptors (Lipinski definition) is 4. The van der Waals surface area contributed by atoms with Crippen molar-refractivity contribution in [2.45, 2.75) is 63.9 Å². The number of hydrogen-bond donors (Lipinski definition) is 2. The molecular weight excluding hydrogens is 376 g/mol. The molecule has 2 aliphatic rings. The number of likely N-dealkylation sites (tertiary alicyclic amines) is 1. The van der Waals surface area contributed by atoms with E-state index in [4.69, 9.17) is 0 Å². The fourth-order valence-electron chi connectivity index (χ4n) is 4.01. The standard InChI is InChI=1S/C20H32N4O3S/c1-5-23(6-2)17-11-12-24(13-17)20(25)21-18-10-7-14(3)19(15(18)4)28(26,27)22-16-8-9-16/h7,10,16-17,22H,5-6,8-9,11-13H2,1-4H3,(H,21,25). The molecule has 2 N–H and O–H groups in total. The first-order chi connectivity index (χ1) is 13.3. The smallest absolute Gasteiger partial charge is 0.321 e. The van der Waals surface area contributed by atoms with E-state index in [0.717, 1.165) is 32.4 Å². The molecule has 0 bridgehead atoms. The van der Waals surface area contributed by atoms with Crippen LogP contribution in [-0.4, -0.2) is 62.5 Å². The van der Waals surface area contributed by atoms with Crippen molar-refractivity contribution in [2.75, 3.05) is 31.5 Å². The van der Waals surface area contributed by atoms with E-state index in [9.17, 15) is 13.2 Å². The van der Waals surface area contributed by atoms with E-state index in [1.165, 1.54) is 0 Å². The van der Waals surface area contributed by atoms with Gasteiger partial charge in [0.25, 0.3) is 0 Å². The van der Waals surface area contributed by atoms with Gasteiger partial charge < -0.3 is 10.2 Å². The normalized spacial score (nSPS) is 20.0. The summed E-state index contributed by atoms with van der Waals surface area (Å²) in [6.07, 6.45) is 2.74. The van der Waals surface area contributed by atoms with Gasteiger partial charge in [0.1, 0.15) is 0 Å². The number of amides is 2. The molecule has 2 fully saturated rings. The molecule has 7 nitrogen and oxygen atoms in total. The summed E-state index contributed by atoms with van der Waals surface area (Å²) in [5, 5.41) is 2.93. The van der Waals surface area contributed by atoms with Gasteiger partial charge in [-0.05, 0) is 63.4 Å². The number of nitrogens with one attached hydrogen (secondary N) is 2. The third-order valence-electron chi connectivity index (χ3n) is 5.79. The van der Waals surface area contributed by atoms with E-state index in [1.807, 2.05) is 4.90 Å². The fourth-order valence-corrected chi connectivity index (χ4v) is 5.81. The van der Waals surface area contributed by atoms with Crippen molar-refractivity contribution >= 4 is 21.7 Å². The van der Waals surface area contributed by atoms with Crippen LogP contribution in [0.1, 0.15) is 44.2 Å². The predicted molar refractivity (Wildman–Crippen MR) is 111 cm³/mol. The lowest BCUT2D eigenvalue weighted by Crippen LogP contribution is -2.40. The van der Waals surface area contributed by atoms with Gasteiger partial charge in [-0.3, -0.25) is 4.90 Å². The Balaban J connectivity index is 1.74. The third kappa shape index (κ3) is 4.50. The zero-order valence-corrected chi connectivity index (χ0v) is 18.1. The van der Waals surface area contributed by atoms with Crippen LogP contribution in [0.15, 0.2) is 17.0 Å². The zero-order chi connectivity index (χ0) is 20.5. The maximum Gasteiger partial charge on any atom is 0.321 e. The van der Waals surface area contributed by atoms with E-state index < -0.39 is 10.0 Å². The van der Waals surface area contributed by atoms with E-state index in [2.05, 4.69) is 28.8 Å². The summed E-state index contributed by atoms with van der Waals surface area (Å²) < 4.78 is 28.3. The molecule has 3 rings (SSSR count). The number of sulfonamides is 1. The number of likely N-dealkylation sites (N-methyl/N-ethyl adjacent to an activating group) is 1. The Morgan fingerprint density at radius 3 is 2.46 bits per heavy atom. The number of nitrogens with zero attached hydrogens (tertiary/aromatic N) is 2. The second-order valence-electron chi connectivity index (χ2n) is 7.82. The predicted octanol–water partition coefficient (Wildman–Crippen LogP) is 2.69. The summed E-state index contributed by atoms with van der Waals surface area (Å²) in [4.78, 5) is 17.2. The first kappa shape index (κ1) is 21.1. The minimum absolute atomic E-state index is 0.0451. The number of rotatable bonds is 7. The Bertz CT molecular complexity index is 832. The molecule has 156 valence electrons. The Hall–Kier alpha value is -1.64. The highest BCUT2D eigenvalue weighted by Gasteiger charge is 2.32. The van der Waals surface area contributed by atoms with Crippen LogP contribution in [0.4, 0.5) is 10.5 Å². The molecule has 0 aromatic heterocycles. The maximum atomic E-state index is 12.8.